The van der Waals surface area contributed by atoms with E-state index in [1.54, 1.807) is 0 Å². The monoisotopic (exact) mass is 607 g/mol. The van der Waals surface area contributed by atoms with Gasteiger partial charge in [0.05, 0.1) is 26.4 Å². The molecule has 3 nitrogen and oxygen atoms in total. The maximum atomic E-state index is 5.72. The largest absolute Gasteiger partial charge is 0.379 e. The summed E-state index contributed by atoms with van der Waals surface area (Å²) in [5.74, 6) is 0. The molecule has 0 aliphatic carbocycles. The Bertz CT molecular complexity index is 484. The topological polar surface area (TPSA) is 27.7 Å². The maximum absolute atomic E-state index is 5.72. The van der Waals surface area contributed by atoms with Gasteiger partial charge < -0.3 is 14.2 Å². The van der Waals surface area contributed by atoms with Crippen LogP contribution >= 0.6 is 0 Å². The fourth-order valence-corrected chi connectivity index (χ4v) is 5.45. The smallest absolute Gasteiger partial charge is 0.0701 e. The molecule has 3 heteroatoms. The SMILES string of the molecule is CCCCCCCC/C=C\CCCCCCCCOCCOCCOCCCCCCCC/C=C\CCCCCCCC. The van der Waals surface area contributed by atoms with E-state index in [4.69, 9.17) is 14.2 Å². The average Bonchev–Trinajstić information content (AvgIpc) is 3.02. The Morgan fingerprint density at radius 1 is 0.256 bits per heavy atom. The molecule has 43 heavy (non-hydrogen) atoms. The van der Waals surface area contributed by atoms with Crippen molar-refractivity contribution in [2.75, 3.05) is 39.6 Å². The fraction of sp³-hybridized carbons (Fsp3) is 0.900. The molecule has 0 N–H and O–H groups in total. The molecule has 0 saturated carbocycles. The zero-order valence-electron chi connectivity index (χ0n) is 29.6. The summed E-state index contributed by atoms with van der Waals surface area (Å²) in [4.78, 5) is 0. The van der Waals surface area contributed by atoms with Gasteiger partial charge in [0, 0.05) is 13.2 Å². The molecule has 0 fully saturated rings. The quantitative estimate of drug-likeness (QED) is 0.0517. The summed E-state index contributed by atoms with van der Waals surface area (Å²) in [5, 5.41) is 0. The predicted molar refractivity (Wildman–Crippen MR) is 191 cm³/mol. The Labute approximate surface area is 271 Å². The van der Waals surface area contributed by atoms with Crippen LogP contribution in [0.1, 0.15) is 194 Å². The maximum Gasteiger partial charge on any atom is 0.0701 e. The number of allylic oxidation sites excluding steroid dienone is 4. The van der Waals surface area contributed by atoms with Gasteiger partial charge in [-0.25, -0.2) is 0 Å². The van der Waals surface area contributed by atoms with Crippen LogP contribution in [-0.2, 0) is 14.2 Å². The first-order chi connectivity index (χ1) is 21.4. The number of hydrogen-bond acceptors (Lipinski definition) is 3. The molecule has 0 aromatic rings. The molecule has 0 bridgehead atoms. The second-order valence-electron chi connectivity index (χ2n) is 12.7. The van der Waals surface area contributed by atoms with E-state index in [9.17, 15) is 0 Å². The molecule has 0 aliphatic rings. The summed E-state index contributed by atoms with van der Waals surface area (Å²) < 4.78 is 17.1. The van der Waals surface area contributed by atoms with Gasteiger partial charge >= 0.3 is 0 Å². The highest BCUT2D eigenvalue weighted by atomic mass is 16.5. The summed E-state index contributed by atoms with van der Waals surface area (Å²) >= 11 is 0. The Morgan fingerprint density at radius 2 is 0.488 bits per heavy atom. The summed E-state index contributed by atoms with van der Waals surface area (Å²) in [5.41, 5.74) is 0. The van der Waals surface area contributed by atoms with Gasteiger partial charge in [0.25, 0.3) is 0 Å². The molecule has 0 aromatic heterocycles. The zero-order valence-corrected chi connectivity index (χ0v) is 29.6. The van der Waals surface area contributed by atoms with Gasteiger partial charge in [0.15, 0.2) is 0 Å². The summed E-state index contributed by atoms with van der Waals surface area (Å²) in [6, 6.07) is 0. The van der Waals surface area contributed by atoms with E-state index in [0.29, 0.717) is 26.4 Å². The molecule has 0 aliphatic heterocycles. The van der Waals surface area contributed by atoms with E-state index in [0.717, 1.165) is 13.2 Å². The van der Waals surface area contributed by atoms with Gasteiger partial charge in [-0.1, -0.05) is 154 Å². The first-order valence-electron chi connectivity index (χ1n) is 19.4. The van der Waals surface area contributed by atoms with Crippen molar-refractivity contribution in [3.63, 3.8) is 0 Å². The standard InChI is InChI=1S/C40H78O3/c1-3-5-7-9-11-13-15-17-19-21-23-25-27-29-31-33-35-41-37-39-43-40-38-42-36-34-32-30-28-26-24-22-20-18-16-14-12-10-8-6-4-2/h17-20H,3-16,21-40H2,1-2H3/b19-17-,20-18-. The second-order valence-corrected chi connectivity index (χ2v) is 12.7. The summed E-state index contributed by atoms with van der Waals surface area (Å²) in [7, 11) is 0. The number of unbranched alkanes of at least 4 members (excludes halogenated alkanes) is 24. The molecule has 0 aromatic carbocycles. The van der Waals surface area contributed by atoms with Gasteiger partial charge in [-0.3, -0.25) is 0 Å². The fourth-order valence-electron chi connectivity index (χ4n) is 5.45. The van der Waals surface area contributed by atoms with E-state index in [-0.39, 0.29) is 0 Å². The highest BCUT2D eigenvalue weighted by Gasteiger charge is 1.96. The van der Waals surface area contributed by atoms with Gasteiger partial charge in [0.1, 0.15) is 0 Å². The molecule has 0 radical (unpaired) electrons. The normalized spacial score (nSPS) is 12.0. The van der Waals surface area contributed by atoms with Crippen LogP contribution in [0.4, 0.5) is 0 Å². The van der Waals surface area contributed by atoms with Crippen molar-refractivity contribution in [1.82, 2.24) is 0 Å². The van der Waals surface area contributed by atoms with Crippen LogP contribution in [0.3, 0.4) is 0 Å². The van der Waals surface area contributed by atoms with Gasteiger partial charge in [-0.05, 0) is 64.2 Å². The molecular formula is C40H78O3. The number of rotatable bonds is 38. The molecule has 0 unspecified atom stereocenters. The minimum Gasteiger partial charge on any atom is -0.379 e. The molecular weight excluding hydrogens is 528 g/mol. The van der Waals surface area contributed by atoms with Crippen LogP contribution in [0, 0.1) is 0 Å². The Kier molecular flexibility index (Phi) is 40.7. The van der Waals surface area contributed by atoms with Crippen molar-refractivity contribution in [2.24, 2.45) is 0 Å². The average molecular weight is 607 g/mol. The van der Waals surface area contributed by atoms with Crippen molar-refractivity contribution >= 4 is 0 Å². The van der Waals surface area contributed by atoms with Crippen LogP contribution in [0.15, 0.2) is 24.3 Å². The third-order valence-corrected chi connectivity index (χ3v) is 8.34. The van der Waals surface area contributed by atoms with E-state index >= 15 is 0 Å². The first kappa shape index (κ1) is 42.4. The number of ether oxygens (including phenoxy) is 3. The highest BCUT2D eigenvalue weighted by Crippen LogP contribution is 2.11. The summed E-state index contributed by atoms with van der Waals surface area (Å²) in [6.45, 7) is 9.10. The third kappa shape index (κ3) is 41.4. The Balaban J connectivity index is 3.09. The van der Waals surface area contributed by atoms with Crippen LogP contribution < -0.4 is 0 Å². The van der Waals surface area contributed by atoms with Crippen molar-refractivity contribution in [3.05, 3.63) is 24.3 Å². The van der Waals surface area contributed by atoms with Crippen molar-refractivity contribution < 1.29 is 14.2 Å². The lowest BCUT2D eigenvalue weighted by Gasteiger charge is -2.07. The highest BCUT2D eigenvalue weighted by molar-refractivity contribution is 4.82. The van der Waals surface area contributed by atoms with E-state index in [1.165, 1.54) is 180 Å². The third-order valence-electron chi connectivity index (χ3n) is 8.34. The predicted octanol–water partition coefficient (Wildman–Crippen LogP) is 13.1. The van der Waals surface area contributed by atoms with Gasteiger partial charge in [0.2, 0.25) is 0 Å². The lowest BCUT2D eigenvalue weighted by Crippen LogP contribution is -2.10. The van der Waals surface area contributed by atoms with E-state index < -0.39 is 0 Å². The number of hydrogen-bond donors (Lipinski definition) is 0. The minimum atomic E-state index is 0.684. The molecule has 0 atom stereocenters. The van der Waals surface area contributed by atoms with Crippen LogP contribution in [0.25, 0.3) is 0 Å². The Morgan fingerprint density at radius 3 is 0.791 bits per heavy atom. The van der Waals surface area contributed by atoms with Gasteiger partial charge in [-0.2, -0.15) is 0 Å². The molecule has 0 saturated heterocycles. The molecule has 0 amide bonds. The summed E-state index contributed by atoms with van der Waals surface area (Å²) in [6.07, 6.45) is 47.3. The van der Waals surface area contributed by atoms with E-state index in [2.05, 4.69) is 38.2 Å². The van der Waals surface area contributed by atoms with Crippen molar-refractivity contribution in [2.45, 2.75) is 194 Å². The lowest BCUT2D eigenvalue weighted by atomic mass is 10.1. The van der Waals surface area contributed by atoms with Crippen molar-refractivity contribution in [1.29, 1.82) is 0 Å². The second kappa shape index (κ2) is 41.4. The van der Waals surface area contributed by atoms with Crippen molar-refractivity contribution in [3.8, 4) is 0 Å². The lowest BCUT2D eigenvalue weighted by molar-refractivity contribution is 0.0132. The molecule has 0 spiro atoms. The van der Waals surface area contributed by atoms with Crippen LogP contribution in [0.5, 0.6) is 0 Å². The zero-order chi connectivity index (χ0) is 31.0. The van der Waals surface area contributed by atoms with Gasteiger partial charge in [-0.15, -0.1) is 0 Å². The Hall–Kier alpha value is -0.640. The van der Waals surface area contributed by atoms with Crippen LogP contribution in [-0.4, -0.2) is 39.6 Å². The minimum absolute atomic E-state index is 0.684. The molecule has 0 heterocycles. The van der Waals surface area contributed by atoms with Crippen LogP contribution in [0.2, 0.25) is 0 Å². The molecule has 0 rings (SSSR count). The van der Waals surface area contributed by atoms with E-state index in [1.807, 2.05) is 0 Å². The molecule has 256 valence electrons. The first-order valence-corrected chi connectivity index (χ1v) is 19.4.